The molecule has 0 aromatic heterocycles. The van der Waals surface area contributed by atoms with Crippen molar-refractivity contribution < 1.29 is 18.3 Å². The molecule has 146 valence electrons. The van der Waals surface area contributed by atoms with Gasteiger partial charge in [-0.25, -0.2) is 18.6 Å². The highest BCUT2D eigenvalue weighted by atomic mass is 35.5. The lowest BCUT2D eigenvalue weighted by Crippen LogP contribution is -2.68. The van der Waals surface area contributed by atoms with Crippen LogP contribution in [0.15, 0.2) is 39.3 Å². The number of carbonyl (C=O) groups excluding carboxylic acids is 1. The molecule has 4 aliphatic rings. The molecule has 2 fully saturated rings. The van der Waals surface area contributed by atoms with Gasteiger partial charge in [0.1, 0.15) is 12.0 Å². The van der Waals surface area contributed by atoms with Crippen molar-refractivity contribution in [1.82, 2.24) is 9.80 Å². The zero-order valence-corrected chi connectivity index (χ0v) is 16.3. The summed E-state index contributed by atoms with van der Waals surface area (Å²) < 4.78 is 32.0. The molecule has 0 aromatic carbocycles. The molecule has 4 rings (SSSR count). The molecule has 2 atom stereocenters. The number of esters is 1. The molecule has 0 bridgehead atoms. The van der Waals surface area contributed by atoms with Crippen molar-refractivity contribution in [2.24, 2.45) is 10.9 Å². The maximum atomic E-state index is 13.6. The summed E-state index contributed by atoms with van der Waals surface area (Å²) in [5.41, 5.74) is 1.95. The molecule has 0 radical (unpaired) electrons. The van der Waals surface area contributed by atoms with Crippen molar-refractivity contribution >= 4 is 23.3 Å². The van der Waals surface area contributed by atoms with Gasteiger partial charge in [0.25, 0.3) is 0 Å². The molecule has 8 heteroatoms. The number of fused-ring (bicyclic) bond motifs is 3. The molecule has 2 aliphatic heterocycles. The highest BCUT2D eigenvalue weighted by molar-refractivity contribution is 6.31. The maximum absolute atomic E-state index is 13.6. The Morgan fingerprint density at radius 3 is 2.67 bits per heavy atom. The third-order valence-corrected chi connectivity index (χ3v) is 6.24. The van der Waals surface area contributed by atoms with Gasteiger partial charge in [0.05, 0.1) is 24.4 Å². The van der Waals surface area contributed by atoms with Crippen molar-refractivity contribution in [3.8, 4) is 0 Å². The first-order chi connectivity index (χ1) is 12.7. The van der Waals surface area contributed by atoms with E-state index in [9.17, 15) is 13.6 Å². The van der Waals surface area contributed by atoms with Crippen LogP contribution in [0, 0.1) is 5.92 Å². The van der Waals surface area contributed by atoms with Crippen LogP contribution in [0.1, 0.15) is 32.6 Å². The van der Waals surface area contributed by atoms with Crippen molar-refractivity contribution in [3.63, 3.8) is 0 Å². The number of aliphatic imine (C=N–C) groups is 1. The first-order valence-corrected chi connectivity index (χ1v) is 9.47. The van der Waals surface area contributed by atoms with E-state index in [1.54, 1.807) is 6.08 Å². The first-order valence-electron chi connectivity index (χ1n) is 9.09. The summed E-state index contributed by atoms with van der Waals surface area (Å²) in [5.74, 6) is -2.01. The van der Waals surface area contributed by atoms with Gasteiger partial charge in [-0.3, -0.25) is 0 Å². The molecule has 1 saturated carbocycles. The second-order valence-electron chi connectivity index (χ2n) is 7.62. The number of methoxy groups -OCH3 is 1. The van der Waals surface area contributed by atoms with Crippen LogP contribution in [0.2, 0.25) is 0 Å². The Kier molecular flexibility index (Phi) is 4.33. The van der Waals surface area contributed by atoms with E-state index in [0.29, 0.717) is 29.3 Å². The van der Waals surface area contributed by atoms with E-state index in [2.05, 4.69) is 9.89 Å². The monoisotopic (exact) mass is 397 g/mol. The van der Waals surface area contributed by atoms with Gasteiger partial charge in [0.15, 0.2) is 5.16 Å². The SMILES string of the molecule is COC(=O)C1=CC2=NC(Cl)=C3N(C)C(C4CCC(F)(F)CC4)N3C2C=C1C. The largest absolute Gasteiger partial charge is 0.465 e. The summed E-state index contributed by atoms with van der Waals surface area (Å²) in [6.45, 7) is 1.86. The van der Waals surface area contributed by atoms with Crippen LogP contribution in [-0.2, 0) is 9.53 Å². The Labute approximate surface area is 162 Å². The van der Waals surface area contributed by atoms with Crippen LogP contribution in [0.5, 0.6) is 0 Å². The van der Waals surface area contributed by atoms with E-state index >= 15 is 0 Å². The molecule has 1 saturated heterocycles. The maximum Gasteiger partial charge on any atom is 0.338 e. The number of hydrogen-bond donors (Lipinski definition) is 0. The fourth-order valence-corrected chi connectivity index (χ4v) is 4.92. The van der Waals surface area contributed by atoms with Gasteiger partial charge >= 0.3 is 5.97 Å². The minimum atomic E-state index is -2.55. The lowest BCUT2D eigenvalue weighted by atomic mass is 9.80. The van der Waals surface area contributed by atoms with Crippen LogP contribution in [0.4, 0.5) is 8.78 Å². The first kappa shape index (κ1) is 18.5. The minimum Gasteiger partial charge on any atom is -0.465 e. The van der Waals surface area contributed by atoms with Crippen molar-refractivity contribution in [1.29, 1.82) is 0 Å². The Morgan fingerprint density at radius 1 is 1.37 bits per heavy atom. The number of nitrogens with zero attached hydrogens (tertiary/aromatic N) is 3. The quantitative estimate of drug-likeness (QED) is 0.527. The number of alkyl halides is 2. The highest BCUT2D eigenvalue weighted by Gasteiger charge is 2.52. The van der Waals surface area contributed by atoms with Crippen molar-refractivity contribution in [2.75, 3.05) is 14.2 Å². The van der Waals surface area contributed by atoms with Crippen molar-refractivity contribution in [3.05, 3.63) is 34.3 Å². The van der Waals surface area contributed by atoms with Crippen LogP contribution in [-0.4, -0.2) is 53.8 Å². The Bertz CT molecular complexity index is 808. The molecule has 27 heavy (non-hydrogen) atoms. The molecule has 0 N–H and O–H groups in total. The summed E-state index contributed by atoms with van der Waals surface area (Å²) in [6, 6.07) is -0.153. The van der Waals surface area contributed by atoms with E-state index in [-0.39, 0.29) is 31.0 Å². The van der Waals surface area contributed by atoms with E-state index in [0.717, 1.165) is 11.4 Å². The zero-order valence-electron chi connectivity index (χ0n) is 15.5. The third-order valence-electron chi connectivity index (χ3n) is 5.99. The molecule has 0 spiro atoms. The summed E-state index contributed by atoms with van der Waals surface area (Å²) in [7, 11) is 3.27. The number of carbonyl (C=O) groups is 1. The number of rotatable bonds is 2. The predicted molar refractivity (Wildman–Crippen MR) is 98.3 cm³/mol. The molecule has 5 nitrogen and oxygen atoms in total. The lowest BCUT2D eigenvalue weighted by Gasteiger charge is -2.61. The van der Waals surface area contributed by atoms with Crippen LogP contribution in [0.25, 0.3) is 0 Å². The molecule has 2 unspecified atom stereocenters. The van der Waals surface area contributed by atoms with Crippen LogP contribution in [0.3, 0.4) is 0 Å². The van der Waals surface area contributed by atoms with Gasteiger partial charge in [-0.2, -0.15) is 0 Å². The Balaban J connectivity index is 1.64. The molecular weight excluding hydrogens is 376 g/mol. The fourth-order valence-electron chi connectivity index (χ4n) is 4.59. The number of hydrogen-bond acceptors (Lipinski definition) is 5. The Morgan fingerprint density at radius 2 is 2.04 bits per heavy atom. The Hall–Kier alpha value is -1.89. The fraction of sp³-hybridized carbons (Fsp3) is 0.579. The summed E-state index contributed by atoms with van der Waals surface area (Å²) in [5, 5.41) is 0.356. The summed E-state index contributed by atoms with van der Waals surface area (Å²) in [4.78, 5) is 20.7. The lowest BCUT2D eigenvalue weighted by molar-refractivity contribution is -0.135. The molecule has 0 amide bonds. The van der Waals surface area contributed by atoms with E-state index in [1.165, 1.54) is 7.11 Å². The van der Waals surface area contributed by atoms with Gasteiger partial charge in [-0.15, -0.1) is 0 Å². The smallest absolute Gasteiger partial charge is 0.338 e. The van der Waals surface area contributed by atoms with Crippen molar-refractivity contribution in [2.45, 2.75) is 50.7 Å². The van der Waals surface area contributed by atoms with Gasteiger partial charge in [0, 0.05) is 19.9 Å². The topological polar surface area (TPSA) is 45.1 Å². The normalized spacial score (nSPS) is 29.9. The predicted octanol–water partition coefficient (Wildman–Crippen LogP) is 3.63. The van der Waals surface area contributed by atoms with E-state index < -0.39 is 11.9 Å². The molecule has 2 heterocycles. The number of ether oxygens (including phenoxy) is 1. The highest BCUT2D eigenvalue weighted by Crippen LogP contribution is 2.48. The zero-order chi connectivity index (χ0) is 19.5. The third kappa shape index (κ3) is 2.87. The molecular formula is C19H22ClF2N3O2. The average Bonchev–Trinajstić information content (AvgIpc) is 2.61. The minimum absolute atomic E-state index is 0.00234. The van der Waals surface area contributed by atoms with Gasteiger partial charge < -0.3 is 14.5 Å². The van der Waals surface area contributed by atoms with Gasteiger partial charge in [-0.1, -0.05) is 17.7 Å². The summed E-state index contributed by atoms with van der Waals surface area (Å²) >= 11 is 6.40. The summed E-state index contributed by atoms with van der Waals surface area (Å²) in [6.07, 6.45) is 4.51. The second kappa shape index (κ2) is 6.33. The second-order valence-corrected chi connectivity index (χ2v) is 7.98. The van der Waals surface area contributed by atoms with E-state index in [4.69, 9.17) is 16.3 Å². The number of halogens is 3. The molecule has 0 aromatic rings. The molecule has 2 aliphatic carbocycles. The van der Waals surface area contributed by atoms with E-state index in [1.807, 2.05) is 24.9 Å². The average molecular weight is 398 g/mol. The van der Waals surface area contributed by atoms with Crippen LogP contribution < -0.4 is 0 Å². The van der Waals surface area contributed by atoms with Gasteiger partial charge in [-0.05, 0) is 37.3 Å². The standard InChI is InChI=1S/C19H22ClF2N3O2/c1-10-8-14-13(9-12(10)18(26)27-3)23-15(20)17-24(2)16(25(14)17)11-4-6-19(21,22)7-5-11/h8-9,11,14,16H,4-7H2,1-3H3. The van der Waals surface area contributed by atoms with Crippen LogP contribution >= 0.6 is 11.6 Å². The van der Waals surface area contributed by atoms with Gasteiger partial charge in [0.2, 0.25) is 5.92 Å².